The van der Waals surface area contributed by atoms with Crippen LogP contribution in [0.5, 0.6) is 5.75 Å². The lowest BCUT2D eigenvalue weighted by Crippen LogP contribution is -2.18. The lowest BCUT2D eigenvalue weighted by Gasteiger charge is -2.21. The minimum Gasteiger partial charge on any atom is -0.494 e. The maximum Gasteiger partial charge on any atom is 0.120 e. The highest BCUT2D eigenvalue weighted by Crippen LogP contribution is 2.35. The zero-order chi connectivity index (χ0) is 15.4. The van der Waals surface area contributed by atoms with Gasteiger partial charge in [-0.25, -0.2) is 0 Å². The highest BCUT2D eigenvalue weighted by Gasteiger charge is 2.18. The van der Waals surface area contributed by atoms with Crippen LogP contribution in [0.25, 0.3) is 0 Å². The molecule has 0 heterocycles. The van der Waals surface area contributed by atoms with Crippen molar-refractivity contribution < 1.29 is 4.74 Å². The van der Waals surface area contributed by atoms with Gasteiger partial charge in [-0.15, -0.1) is 0 Å². The summed E-state index contributed by atoms with van der Waals surface area (Å²) in [5, 5.41) is 4.06. The van der Waals surface area contributed by atoms with Crippen molar-refractivity contribution in [1.29, 1.82) is 0 Å². The third-order valence-electron chi connectivity index (χ3n) is 3.16. The van der Waals surface area contributed by atoms with Crippen molar-refractivity contribution in [3.05, 3.63) is 61.5 Å². The summed E-state index contributed by atoms with van der Waals surface area (Å²) >= 11 is 13.2. The molecular weight excluding hydrogens is 417 g/mol. The van der Waals surface area contributed by atoms with Crippen LogP contribution in [0, 0.1) is 0 Å². The third kappa shape index (κ3) is 4.01. The molecule has 0 spiro atoms. The summed E-state index contributed by atoms with van der Waals surface area (Å²) in [6.45, 7) is 2.63. The predicted octanol–water partition coefficient (Wildman–Crippen LogP) is 5.57. The Morgan fingerprint density at radius 1 is 1.10 bits per heavy atom. The molecule has 1 unspecified atom stereocenters. The lowest BCUT2D eigenvalue weighted by molar-refractivity contribution is 0.340. The molecule has 0 bridgehead atoms. The fraction of sp³-hybridized carbons (Fsp3) is 0.250. The minimum atomic E-state index is 0.0571. The van der Waals surface area contributed by atoms with Crippen LogP contribution < -0.4 is 10.1 Å². The number of rotatable bonds is 5. The first-order valence-electron chi connectivity index (χ1n) is 6.61. The van der Waals surface area contributed by atoms with Crippen molar-refractivity contribution in [2.45, 2.75) is 13.0 Å². The first-order chi connectivity index (χ1) is 10.1. The van der Waals surface area contributed by atoms with Gasteiger partial charge in [0, 0.05) is 14.0 Å². The van der Waals surface area contributed by atoms with E-state index < -0.39 is 0 Å². The molecule has 0 aliphatic carbocycles. The molecule has 2 aromatic carbocycles. The molecule has 21 heavy (non-hydrogen) atoms. The van der Waals surface area contributed by atoms with Crippen LogP contribution >= 0.6 is 43.5 Å². The van der Waals surface area contributed by atoms with E-state index in [0.717, 1.165) is 25.8 Å². The Hall–Kier alpha value is -0.550. The molecule has 112 valence electrons. The Balaban J connectivity index is 2.41. The van der Waals surface area contributed by atoms with E-state index in [1.54, 1.807) is 0 Å². The lowest BCUT2D eigenvalue weighted by atomic mass is 9.99. The van der Waals surface area contributed by atoms with Crippen molar-refractivity contribution in [2.24, 2.45) is 0 Å². The van der Waals surface area contributed by atoms with Crippen molar-refractivity contribution >= 4 is 43.5 Å². The summed E-state index contributed by atoms with van der Waals surface area (Å²) in [5.74, 6) is 0.859. The van der Waals surface area contributed by atoms with Crippen LogP contribution in [-0.4, -0.2) is 13.7 Å². The van der Waals surface area contributed by atoms with Gasteiger partial charge in [-0.2, -0.15) is 0 Å². The highest BCUT2D eigenvalue weighted by atomic mass is 79.9. The van der Waals surface area contributed by atoms with E-state index in [2.05, 4.69) is 43.2 Å². The normalized spacial score (nSPS) is 12.2. The number of nitrogens with one attached hydrogen (secondary N) is 1. The standard InChI is InChI=1S/C16H16Br2ClNO/c1-3-21-11-5-7-13(15(18)9-11)16(20-2)12-6-4-10(19)8-14(12)17/h4-9,16,20H,3H2,1-2H3. The van der Waals surface area contributed by atoms with Gasteiger partial charge in [0.2, 0.25) is 0 Å². The molecule has 2 aromatic rings. The van der Waals surface area contributed by atoms with Crippen LogP contribution in [0.1, 0.15) is 24.1 Å². The molecule has 0 aliphatic rings. The number of halogens is 3. The van der Waals surface area contributed by atoms with Crippen LogP contribution in [0.15, 0.2) is 45.3 Å². The zero-order valence-corrected chi connectivity index (χ0v) is 15.7. The molecule has 0 aliphatic heterocycles. The molecule has 1 N–H and O–H groups in total. The monoisotopic (exact) mass is 431 g/mol. The smallest absolute Gasteiger partial charge is 0.120 e. The van der Waals surface area contributed by atoms with Gasteiger partial charge in [0.05, 0.1) is 12.6 Å². The van der Waals surface area contributed by atoms with E-state index in [-0.39, 0.29) is 6.04 Å². The number of hydrogen-bond acceptors (Lipinski definition) is 2. The number of benzene rings is 2. The predicted molar refractivity (Wildman–Crippen MR) is 95.4 cm³/mol. The van der Waals surface area contributed by atoms with Crippen LogP contribution in [0.4, 0.5) is 0 Å². The fourth-order valence-electron chi connectivity index (χ4n) is 2.21. The van der Waals surface area contributed by atoms with Crippen molar-refractivity contribution in [2.75, 3.05) is 13.7 Å². The van der Waals surface area contributed by atoms with Gasteiger partial charge in [-0.1, -0.05) is 55.6 Å². The summed E-state index contributed by atoms with van der Waals surface area (Å²) < 4.78 is 7.51. The average Bonchev–Trinajstić information content (AvgIpc) is 2.44. The van der Waals surface area contributed by atoms with Crippen molar-refractivity contribution in [3.8, 4) is 5.75 Å². The van der Waals surface area contributed by atoms with Gasteiger partial charge in [0.15, 0.2) is 0 Å². The molecule has 5 heteroatoms. The molecule has 1 atom stereocenters. The van der Waals surface area contributed by atoms with Gasteiger partial charge in [0.1, 0.15) is 5.75 Å². The van der Waals surface area contributed by atoms with Gasteiger partial charge >= 0.3 is 0 Å². The third-order valence-corrected chi connectivity index (χ3v) is 4.76. The maximum absolute atomic E-state index is 6.02. The Kier molecular flexibility index (Phi) is 6.11. The van der Waals surface area contributed by atoms with Crippen molar-refractivity contribution in [1.82, 2.24) is 5.32 Å². The Morgan fingerprint density at radius 3 is 2.24 bits per heavy atom. The largest absolute Gasteiger partial charge is 0.494 e. The molecule has 0 fully saturated rings. The fourth-order valence-corrected chi connectivity index (χ4v) is 3.71. The second kappa shape index (κ2) is 7.63. The van der Waals surface area contributed by atoms with E-state index in [4.69, 9.17) is 16.3 Å². The summed E-state index contributed by atoms with van der Waals surface area (Å²) in [6.07, 6.45) is 0. The Labute approximate surface area is 147 Å². The second-order valence-electron chi connectivity index (χ2n) is 4.50. The van der Waals surface area contributed by atoms with Gasteiger partial charge in [-0.05, 0) is 49.4 Å². The first kappa shape index (κ1) is 16.8. The SMILES string of the molecule is CCOc1ccc(C(NC)c2ccc(Cl)cc2Br)c(Br)c1. The maximum atomic E-state index is 6.02. The first-order valence-corrected chi connectivity index (χ1v) is 8.57. The molecule has 2 rings (SSSR count). The second-order valence-corrected chi connectivity index (χ2v) is 6.65. The van der Waals surface area contributed by atoms with E-state index in [1.165, 1.54) is 0 Å². The summed E-state index contributed by atoms with van der Waals surface area (Å²) in [5.41, 5.74) is 2.27. The van der Waals surface area contributed by atoms with Crippen LogP contribution in [-0.2, 0) is 0 Å². The van der Waals surface area contributed by atoms with Gasteiger partial charge in [0.25, 0.3) is 0 Å². The molecule has 0 saturated heterocycles. The van der Waals surface area contributed by atoms with E-state index in [1.807, 2.05) is 44.3 Å². The number of ether oxygens (including phenoxy) is 1. The average molecular weight is 434 g/mol. The minimum absolute atomic E-state index is 0.0571. The van der Waals surface area contributed by atoms with Gasteiger partial charge in [-0.3, -0.25) is 0 Å². The van der Waals surface area contributed by atoms with Crippen molar-refractivity contribution in [3.63, 3.8) is 0 Å². The summed E-state index contributed by atoms with van der Waals surface area (Å²) in [7, 11) is 1.94. The van der Waals surface area contributed by atoms with E-state index >= 15 is 0 Å². The Morgan fingerprint density at radius 2 is 1.71 bits per heavy atom. The molecule has 0 saturated carbocycles. The zero-order valence-electron chi connectivity index (χ0n) is 11.8. The number of hydrogen-bond donors (Lipinski definition) is 1. The molecule has 0 radical (unpaired) electrons. The van der Waals surface area contributed by atoms with E-state index in [9.17, 15) is 0 Å². The van der Waals surface area contributed by atoms with E-state index in [0.29, 0.717) is 11.6 Å². The van der Waals surface area contributed by atoms with Gasteiger partial charge < -0.3 is 10.1 Å². The highest BCUT2D eigenvalue weighted by molar-refractivity contribution is 9.10. The van der Waals surface area contributed by atoms with Crippen LogP contribution in [0.2, 0.25) is 5.02 Å². The molecule has 0 amide bonds. The topological polar surface area (TPSA) is 21.3 Å². The molecule has 0 aromatic heterocycles. The summed E-state index contributed by atoms with van der Waals surface area (Å²) in [6, 6.07) is 11.9. The molecular formula is C16H16Br2ClNO. The molecule has 2 nitrogen and oxygen atoms in total. The Bertz CT molecular complexity index is 634. The quantitative estimate of drug-likeness (QED) is 0.665. The summed E-state index contributed by atoms with van der Waals surface area (Å²) in [4.78, 5) is 0. The van der Waals surface area contributed by atoms with Crippen LogP contribution in [0.3, 0.4) is 0 Å².